The third-order valence-corrected chi connectivity index (χ3v) is 6.97. The van der Waals surface area contributed by atoms with Crippen molar-refractivity contribution in [3.05, 3.63) is 30.3 Å². The molecular weight excluding hydrogens is 575 g/mol. The van der Waals surface area contributed by atoms with Gasteiger partial charge in [0.15, 0.2) is 0 Å². The number of carboxylic acid groups (broad SMARTS) is 3. The average Bonchev–Trinajstić information content (AvgIpc) is 2.86. The van der Waals surface area contributed by atoms with Gasteiger partial charge in [0, 0.05) is 0 Å². The summed E-state index contributed by atoms with van der Waals surface area (Å²) < 4.78 is 1.41. The van der Waals surface area contributed by atoms with Gasteiger partial charge in [0.05, 0.1) is 17.8 Å². The first kappa shape index (κ1) is 39.9. The van der Waals surface area contributed by atoms with Crippen molar-refractivity contribution < 1.29 is 29.7 Å². The summed E-state index contributed by atoms with van der Waals surface area (Å²) in [7, 11) is 0. The Bertz CT molecular complexity index is 603. The zero-order chi connectivity index (χ0) is 29.1. The quantitative estimate of drug-likeness (QED) is 0.175. The van der Waals surface area contributed by atoms with Gasteiger partial charge in [-0.1, -0.05) is 80.1 Å². The summed E-state index contributed by atoms with van der Waals surface area (Å²) in [4.78, 5) is 31.3. The molecule has 0 saturated carbocycles. The van der Waals surface area contributed by atoms with Gasteiger partial charge < -0.3 is 15.3 Å². The van der Waals surface area contributed by atoms with Crippen molar-refractivity contribution in [2.45, 2.75) is 119 Å². The molecule has 0 bridgehead atoms. The second-order valence-electron chi connectivity index (χ2n) is 9.12. The molecule has 0 aliphatic rings. The Kier molecular flexibility index (Phi) is 31.3. The van der Waals surface area contributed by atoms with E-state index in [1.165, 1.54) is 26.1 Å². The predicted molar refractivity (Wildman–Crippen MR) is 155 cm³/mol. The minimum atomic E-state index is -0.643. The molecule has 1 rings (SSSR count). The van der Waals surface area contributed by atoms with Gasteiger partial charge in [-0.25, -0.2) is 0 Å². The van der Waals surface area contributed by atoms with E-state index in [0.717, 1.165) is 77.0 Å². The number of rotatable bonds is 15. The van der Waals surface area contributed by atoms with Gasteiger partial charge in [0.2, 0.25) is 0 Å². The molecule has 0 aliphatic heterocycles. The Morgan fingerprint density at radius 3 is 1.00 bits per heavy atom. The van der Waals surface area contributed by atoms with E-state index in [2.05, 4.69) is 45.0 Å². The van der Waals surface area contributed by atoms with Gasteiger partial charge in [0.1, 0.15) is 0 Å². The van der Waals surface area contributed by atoms with E-state index in [1.807, 2.05) is 26.8 Å². The van der Waals surface area contributed by atoms with Crippen LogP contribution in [0.15, 0.2) is 30.3 Å². The van der Waals surface area contributed by atoms with Gasteiger partial charge >= 0.3 is 74.3 Å². The second-order valence-corrected chi connectivity index (χ2v) is 10.8. The molecule has 0 aromatic heterocycles. The number of unbranched alkanes of at least 4 members (excludes halogenated alkanes) is 3. The average molecular weight is 628 g/mol. The van der Waals surface area contributed by atoms with Crippen molar-refractivity contribution in [3.8, 4) is 0 Å². The predicted octanol–water partition coefficient (Wildman–Crippen LogP) is 7.34. The van der Waals surface area contributed by atoms with Crippen molar-refractivity contribution in [1.82, 2.24) is 0 Å². The molecule has 1 aromatic carbocycles. The fourth-order valence-corrected chi connectivity index (χ4v) is 3.85. The molecule has 0 fully saturated rings. The van der Waals surface area contributed by atoms with E-state index >= 15 is 0 Å². The van der Waals surface area contributed by atoms with Crippen LogP contribution in [-0.2, 0) is 14.4 Å². The Hall–Kier alpha value is -1.57. The molecule has 6 nitrogen and oxygen atoms in total. The Labute approximate surface area is 239 Å². The topological polar surface area (TPSA) is 112 Å². The minimum absolute atomic E-state index is 0.111. The molecule has 3 unspecified atom stereocenters. The zero-order valence-electron chi connectivity index (χ0n) is 24.2. The van der Waals surface area contributed by atoms with Crippen LogP contribution in [0.3, 0.4) is 0 Å². The molecule has 37 heavy (non-hydrogen) atoms. The van der Waals surface area contributed by atoms with E-state index in [0.29, 0.717) is 0 Å². The summed E-state index contributed by atoms with van der Waals surface area (Å²) in [6.45, 7) is 12.0. The molecule has 0 amide bonds. The van der Waals surface area contributed by atoms with Crippen LogP contribution in [0.2, 0.25) is 0 Å². The van der Waals surface area contributed by atoms with Gasteiger partial charge in [-0.05, 0) is 38.5 Å². The SMILES string of the molecule is CCCCC(CC)C(=O)O.CCCCC(CC)C(=O)O.CCCCC(CC)C(=O)O.[Sn][c]1ccccc1. The first-order valence-corrected chi connectivity index (χ1v) is 15.4. The van der Waals surface area contributed by atoms with Crippen LogP contribution in [0.25, 0.3) is 0 Å². The summed E-state index contributed by atoms with van der Waals surface area (Å²) >= 11 is 1.49. The van der Waals surface area contributed by atoms with Gasteiger partial charge in [-0.15, -0.1) is 0 Å². The molecule has 213 valence electrons. The fourth-order valence-electron chi connectivity index (χ4n) is 3.30. The first-order chi connectivity index (χ1) is 17.6. The molecule has 0 aliphatic carbocycles. The number of benzene rings is 1. The maximum absolute atomic E-state index is 10.4. The van der Waals surface area contributed by atoms with Crippen LogP contribution in [0.4, 0.5) is 0 Å². The van der Waals surface area contributed by atoms with E-state index < -0.39 is 17.9 Å². The fraction of sp³-hybridized carbons (Fsp3) is 0.700. The maximum atomic E-state index is 10.4. The Morgan fingerprint density at radius 2 is 0.865 bits per heavy atom. The summed E-state index contributed by atoms with van der Waals surface area (Å²) in [6.07, 6.45) is 11.1. The van der Waals surface area contributed by atoms with Crippen molar-refractivity contribution in [2.75, 3.05) is 0 Å². The Balaban J connectivity index is -0.000000419. The van der Waals surface area contributed by atoms with Gasteiger partial charge in [-0.2, -0.15) is 0 Å². The summed E-state index contributed by atoms with van der Waals surface area (Å²) in [6, 6.07) is 10.4. The number of hydrogen-bond donors (Lipinski definition) is 3. The van der Waals surface area contributed by atoms with Crippen molar-refractivity contribution in [3.63, 3.8) is 0 Å². The molecular formula is C30H53O6Sn. The monoisotopic (exact) mass is 629 g/mol. The van der Waals surface area contributed by atoms with Gasteiger partial charge in [0.25, 0.3) is 0 Å². The van der Waals surface area contributed by atoms with Gasteiger partial charge in [-0.3, -0.25) is 14.4 Å². The molecule has 0 spiro atoms. The third-order valence-electron chi connectivity index (χ3n) is 6.02. The summed E-state index contributed by atoms with van der Waals surface area (Å²) in [5, 5.41) is 25.8. The molecule has 0 saturated heterocycles. The van der Waals surface area contributed by atoms with Crippen LogP contribution >= 0.6 is 0 Å². The number of aliphatic carboxylic acids is 3. The van der Waals surface area contributed by atoms with Crippen molar-refractivity contribution in [2.24, 2.45) is 17.8 Å². The van der Waals surface area contributed by atoms with Crippen LogP contribution in [0.1, 0.15) is 119 Å². The van der Waals surface area contributed by atoms with Crippen LogP contribution in [0.5, 0.6) is 0 Å². The normalized spacial score (nSPS) is 12.2. The first-order valence-electron chi connectivity index (χ1n) is 14.0. The molecule has 1 aromatic rings. The third kappa shape index (κ3) is 27.3. The van der Waals surface area contributed by atoms with E-state index in [4.69, 9.17) is 15.3 Å². The second kappa shape index (κ2) is 29.0. The van der Waals surface area contributed by atoms with Crippen molar-refractivity contribution in [1.29, 1.82) is 0 Å². The molecule has 7 heteroatoms. The van der Waals surface area contributed by atoms with E-state index in [1.54, 1.807) is 0 Å². The molecule has 3 atom stereocenters. The van der Waals surface area contributed by atoms with E-state index in [9.17, 15) is 14.4 Å². The standard InChI is InChI=1S/3C8H16O2.C6H5.Sn/c3*1-3-5-6-7(4-2)8(9)10;1-2-4-6-5-3-1;/h3*7H,3-6H2,1-2H3,(H,9,10);1-5H;. The van der Waals surface area contributed by atoms with Crippen LogP contribution in [-0.4, -0.2) is 55.8 Å². The summed E-state index contributed by atoms with van der Waals surface area (Å²) in [5.74, 6) is -2.26. The molecule has 0 heterocycles. The number of hydrogen-bond acceptors (Lipinski definition) is 3. The number of carbonyl (C=O) groups is 3. The zero-order valence-corrected chi connectivity index (χ0v) is 27.0. The van der Waals surface area contributed by atoms with E-state index in [-0.39, 0.29) is 17.8 Å². The molecule has 3 N–H and O–H groups in total. The Morgan fingerprint density at radius 1 is 0.595 bits per heavy atom. The van der Waals surface area contributed by atoms with Crippen molar-refractivity contribution >= 4 is 44.0 Å². The van der Waals surface area contributed by atoms with Crippen LogP contribution < -0.4 is 3.58 Å². The number of carboxylic acids is 3. The molecule has 3 radical (unpaired) electrons. The summed E-state index contributed by atoms with van der Waals surface area (Å²) in [5.41, 5.74) is 0. The van der Waals surface area contributed by atoms with Crippen LogP contribution in [0, 0.1) is 17.8 Å².